The highest BCUT2D eigenvalue weighted by Crippen LogP contribution is 2.37. The summed E-state index contributed by atoms with van der Waals surface area (Å²) in [6.07, 6.45) is 8.69. The summed E-state index contributed by atoms with van der Waals surface area (Å²) in [7, 11) is 9.37. The van der Waals surface area contributed by atoms with Gasteiger partial charge in [0.25, 0.3) is 11.8 Å². The van der Waals surface area contributed by atoms with Gasteiger partial charge in [0.1, 0.15) is 0 Å². The molecule has 2 atom stereocenters. The number of carbonyl (C=O) groups excluding carboxylic acids is 2. The molecule has 0 aliphatic carbocycles. The predicted molar refractivity (Wildman–Crippen MR) is 212 cm³/mol. The summed E-state index contributed by atoms with van der Waals surface area (Å²) in [6, 6.07) is 37.7. The summed E-state index contributed by atoms with van der Waals surface area (Å²) in [5, 5.41) is 0. The molecule has 2 aliphatic heterocycles. The van der Waals surface area contributed by atoms with Crippen molar-refractivity contribution in [2.75, 3.05) is 67.5 Å². The highest BCUT2D eigenvalue weighted by atomic mass is 79.9. The van der Waals surface area contributed by atoms with Gasteiger partial charge in [-0.3, -0.25) is 9.59 Å². The highest BCUT2D eigenvalue weighted by molar-refractivity contribution is 5.99. The smallest absolute Gasteiger partial charge is 0.254 e. The molecular weight excluding hydrogens is 800 g/mol. The van der Waals surface area contributed by atoms with Crippen LogP contribution in [0, 0.1) is 0 Å². The monoisotopic (exact) mass is 858 g/mol. The molecule has 6 rings (SSSR count). The fraction of sp³-hybridized carbons (Fsp3) is 0.435. The third-order valence-electron chi connectivity index (χ3n) is 11.5. The van der Waals surface area contributed by atoms with E-state index in [-0.39, 0.29) is 57.9 Å². The maximum absolute atomic E-state index is 13.4. The van der Waals surface area contributed by atoms with E-state index < -0.39 is 0 Å². The lowest BCUT2D eigenvalue weighted by molar-refractivity contribution is -0.891. The standard InChI is InChI=1S/C46H60N4O2.2BrH/c1-49(2,33-19-29-47-43(35-37-21-9-7-10-22-37)39-25-13-15-27-41(39)45(47)51)31-17-5-6-18-32-50(3,4)34-20-30-48-44(36-38-23-11-8-12-24-38)40-26-14-16-28-42(40)46(48)52;;/h7-16,21-28,43-44H,5-6,17-20,29-36H2,1-4H3;2*1H/q+2;;/p-2. The highest BCUT2D eigenvalue weighted by Gasteiger charge is 2.37. The van der Waals surface area contributed by atoms with Gasteiger partial charge in [-0.15, -0.1) is 0 Å². The van der Waals surface area contributed by atoms with Gasteiger partial charge in [0, 0.05) is 37.1 Å². The van der Waals surface area contributed by atoms with Gasteiger partial charge in [-0.1, -0.05) is 97.1 Å². The summed E-state index contributed by atoms with van der Waals surface area (Å²) in [5.74, 6) is 0.371. The van der Waals surface area contributed by atoms with Gasteiger partial charge in [-0.05, 0) is 72.9 Å². The van der Waals surface area contributed by atoms with Gasteiger partial charge in [0.15, 0.2) is 0 Å². The maximum atomic E-state index is 13.4. The van der Waals surface area contributed by atoms with Crippen LogP contribution in [0.15, 0.2) is 109 Å². The molecule has 2 heterocycles. The molecular formula is C46H60Br2N4O2. The van der Waals surface area contributed by atoms with E-state index in [4.69, 9.17) is 0 Å². The van der Waals surface area contributed by atoms with Crippen LogP contribution in [0.2, 0.25) is 0 Å². The molecule has 6 nitrogen and oxygen atoms in total. The fourth-order valence-corrected chi connectivity index (χ4v) is 8.52. The number of nitrogens with zero attached hydrogens (tertiary/aromatic N) is 4. The van der Waals surface area contributed by atoms with Crippen molar-refractivity contribution in [3.8, 4) is 0 Å². The molecule has 0 saturated carbocycles. The average Bonchev–Trinajstić information content (AvgIpc) is 3.56. The van der Waals surface area contributed by atoms with Gasteiger partial charge >= 0.3 is 0 Å². The topological polar surface area (TPSA) is 40.6 Å². The zero-order valence-electron chi connectivity index (χ0n) is 32.8. The van der Waals surface area contributed by atoms with Crippen molar-refractivity contribution in [1.82, 2.24) is 9.80 Å². The van der Waals surface area contributed by atoms with Gasteiger partial charge in [0.05, 0.1) is 66.5 Å². The van der Waals surface area contributed by atoms with Crippen LogP contribution in [0.4, 0.5) is 0 Å². The first-order valence-corrected chi connectivity index (χ1v) is 19.6. The summed E-state index contributed by atoms with van der Waals surface area (Å²) < 4.78 is 1.98. The first-order chi connectivity index (χ1) is 25.1. The van der Waals surface area contributed by atoms with Crippen molar-refractivity contribution in [1.29, 1.82) is 0 Å². The number of hydrogen-bond acceptors (Lipinski definition) is 2. The molecule has 2 amide bonds. The van der Waals surface area contributed by atoms with Crippen LogP contribution in [0.25, 0.3) is 0 Å². The second kappa shape index (κ2) is 20.0. The van der Waals surface area contributed by atoms with Crippen LogP contribution in [0.1, 0.15) is 93.6 Å². The third kappa shape index (κ3) is 11.1. The average molecular weight is 861 g/mol. The first-order valence-electron chi connectivity index (χ1n) is 19.6. The van der Waals surface area contributed by atoms with Crippen molar-refractivity contribution in [2.45, 2.75) is 63.5 Å². The molecule has 54 heavy (non-hydrogen) atoms. The Balaban J connectivity index is 0.00000325. The van der Waals surface area contributed by atoms with E-state index in [0.29, 0.717) is 0 Å². The van der Waals surface area contributed by atoms with Crippen LogP contribution in [0.3, 0.4) is 0 Å². The van der Waals surface area contributed by atoms with E-state index in [2.05, 4.69) is 123 Å². The zero-order chi connectivity index (χ0) is 36.6. The number of unbranched alkanes of at least 4 members (excludes halogenated alkanes) is 3. The number of hydrogen-bond donors (Lipinski definition) is 0. The van der Waals surface area contributed by atoms with E-state index in [1.54, 1.807) is 0 Å². The molecule has 0 saturated heterocycles. The Morgan fingerprint density at radius 1 is 0.444 bits per heavy atom. The Bertz CT molecular complexity index is 1650. The SMILES string of the molecule is C[N+](C)(CCCCCC[N+](C)(C)CCCN1C(=O)c2ccccc2C1Cc1ccccc1)CCCN1C(=O)c2ccccc2C1Cc1ccccc1.[Br-].[Br-]. The lowest BCUT2D eigenvalue weighted by Gasteiger charge is -2.32. The minimum atomic E-state index is 0. The lowest BCUT2D eigenvalue weighted by atomic mass is 9.98. The van der Waals surface area contributed by atoms with Crippen LogP contribution in [-0.4, -0.2) is 98.0 Å². The minimum Gasteiger partial charge on any atom is -1.00 e. The number of quaternary nitrogens is 2. The van der Waals surface area contributed by atoms with Crippen molar-refractivity contribution in [2.24, 2.45) is 0 Å². The Hall–Kier alpha value is -3.30. The zero-order valence-corrected chi connectivity index (χ0v) is 36.0. The lowest BCUT2D eigenvalue weighted by Crippen LogP contribution is -3.00. The number of rotatable bonds is 19. The number of carbonyl (C=O) groups is 2. The molecule has 290 valence electrons. The summed E-state index contributed by atoms with van der Waals surface area (Å²) in [6.45, 7) is 6.06. The van der Waals surface area contributed by atoms with E-state index >= 15 is 0 Å². The maximum Gasteiger partial charge on any atom is 0.254 e. The molecule has 0 radical (unpaired) electrons. The Labute approximate surface area is 345 Å². The van der Waals surface area contributed by atoms with E-state index in [9.17, 15) is 9.59 Å². The molecule has 0 fully saturated rings. The Kier molecular flexibility index (Phi) is 16.1. The first kappa shape index (κ1) is 43.4. The number of fused-ring (bicyclic) bond motifs is 2. The Morgan fingerprint density at radius 2 is 0.778 bits per heavy atom. The summed E-state index contributed by atoms with van der Waals surface area (Å²) in [4.78, 5) is 31.2. The number of amides is 2. The molecule has 0 bridgehead atoms. The van der Waals surface area contributed by atoms with Crippen molar-refractivity contribution in [3.05, 3.63) is 143 Å². The molecule has 0 aromatic heterocycles. The van der Waals surface area contributed by atoms with Gasteiger partial charge in [0.2, 0.25) is 0 Å². The molecule has 8 heteroatoms. The van der Waals surface area contributed by atoms with Gasteiger partial charge in [-0.2, -0.15) is 0 Å². The van der Waals surface area contributed by atoms with Crippen molar-refractivity contribution < 1.29 is 52.5 Å². The molecule has 2 aliphatic rings. The van der Waals surface area contributed by atoms with Crippen molar-refractivity contribution >= 4 is 11.8 Å². The molecule has 4 aromatic rings. The summed E-state index contributed by atoms with van der Waals surface area (Å²) >= 11 is 0. The van der Waals surface area contributed by atoms with Crippen molar-refractivity contribution in [3.63, 3.8) is 0 Å². The summed E-state index contributed by atoms with van der Waals surface area (Å²) in [5.41, 5.74) is 6.65. The number of halogens is 2. The fourth-order valence-electron chi connectivity index (χ4n) is 8.52. The van der Waals surface area contributed by atoms with E-state index in [1.807, 2.05) is 24.3 Å². The predicted octanol–water partition coefficient (Wildman–Crippen LogP) is 2.37. The molecule has 4 aromatic carbocycles. The largest absolute Gasteiger partial charge is 1.00 e. The molecule has 0 spiro atoms. The van der Waals surface area contributed by atoms with Gasteiger partial charge < -0.3 is 52.7 Å². The molecule has 0 N–H and O–H groups in total. The normalized spacial score (nSPS) is 16.5. The second-order valence-electron chi connectivity index (χ2n) is 16.5. The van der Waals surface area contributed by atoms with Crippen LogP contribution >= 0.6 is 0 Å². The van der Waals surface area contributed by atoms with Crippen LogP contribution in [-0.2, 0) is 12.8 Å². The molecule has 2 unspecified atom stereocenters. The Morgan fingerprint density at radius 3 is 1.17 bits per heavy atom. The number of benzene rings is 4. The second-order valence-corrected chi connectivity index (χ2v) is 16.5. The van der Waals surface area contributed by atoms with Crippen LogP contribution in [0.5, 0.6) is 0 Å². The van der Waals surface area contributed by atoms with Crippen LogP contribution < -0.4 is 34.0 Å². The quantitative estimate of drug-likeness (QED) is 0.108. The van der Waals surface area contributed by atoms with Gasteiger partial charge in [-0.25, -0.2) is 0 Å². The minimum absolute atomic E-state index is 0. The van der Waals surface area contributed by atoms with E-state index in [1.165, 1.54) is 47.9 Å². The van der Waals surface area contributed by atoms with E-state index in [0.717, 1.165) is 85.0 Å². The third-order valence-corrected chi connectivity index (χ3v) is 11.5.